The van der Waals surface area contributed by atoms with Gasteiger partial charge in [-0.25, -0.2) is 4.79 Å². The normalized spacial score (nSPS) is 21.1. The van der Waals surface area contributed by atoms with Gasteiger partial charge in [-0.05, 0) is 37.3 Å². The van der Waals surface area contributed by atoms with Gasteiger partial charge in [-0.15, -0.1) is 0 Å². The Kier molecular flexibility index (Phi) is 4.81. The van der Waals surface area contributed by atoms with Gasteiger partial charge < -0.3 is 10.1 Å². The van der Waals surface area contributed by atoms with E-state index in [1.54, 1.807) is 24.3 Å². The van der Waals surface area contributed by atoms with Gasteiger partial charge in [-0.3, -0.25) is 14.5 Å². The van der Waals surface area contributed by atoms with E-state index < -0.39 is 22.9 Å². The Bertz CT molecular complexity index is 982. The van der Waals surface area contributed by atoms with Crippen LogP contribution in [0.2, 0.25) is 5.02 Å². The van der Waals surface area contributed by atoms with Crippen LogP contribution in [0.4, 0.5) is 11.4 Å². The minimum Gasteiger partial charge on any atom is -0.450 e. The first-order chi connectivity index (χ1) is 13.4. The third kappa shape index (κ3) is 3.14. The van der Waals surface area contributed by atoms with Crippen LogP contribution in [0.1, 0.15) is 19.8 Å². The van der Waals surface area contributed by atoms with Gasteiger partial charge in [0.1, 0.15) is 0 Å². The number of nitrogens with one attached hydrogen (secondary N) is 1. The first-order valence-corrected chi connectivity index (χ1v) is 9.99. The number of para-hydroxylation sites is 1. The van der Waals surface area contributed by atoms with Crippen LogP contribution in [0, 0.1) is 0 Å². The Hall–Kier alpha value is -2.51. The third-order valence-corrected chi connectivity index (χ3v) is 6.43. The molecule has 0 unspecified atom stereocenters. The molecule has 1 saturated heterocycles. The fourth-order valence-electron chi connectivity index (χ4n) is 3.39. The van der Waals surface area contributed by atoms with Crippen molar-refractivity contribution in [3.63, 3.8) is 0 Å². The molecule has 2 heterocycles. The topological polar surface area (TPSA) is 75.7 Å². The molecule has 4 rings (SSSR count). The molecule has 2 amide bonds. The number of anilines is 2. The van der Waals surface area contributed by atoms with Gasteiger partial charge >= 0.3 is 5.97 Å². The first kappa shape index (κ1) is 18.8. The largest absolute Gasteiger partial charge is 0.450 e. The van der Waals surface area contributed by atoms with E-state index in [0.717, 1.165) is 4.90 Å². The standard InChI is InChI=1S/C20H17ClN2O4S/c1-12(18(25)22-14-6-4-5-13(21)11-14)27-19(26)20-10-9-17(24)23(20)15-7-2-3-8-16(15)28-20/h2-8,11-12H,9-10H2,1H3,(H,22,25)/t12-,20+/m1/s1. The van der Waals surface area contributed by atoms with E-state index in [0.29, 0.717) is 22.8 Å². The summed E-state index contributed by atoms with van der Waals surface area (Å²) in [5.74, 6) is -1.18. The summed E-state index contributed by atoms with van der Waals surface area (Å²) in [6.07, 6.45) is -0.422. The maximum Gasteiger partial charge on any atom is 0.344 e. The maximum atomic E-state index is 13.0. The fraction of sp³-hybridized carbons (Fsp3) is 0.250. The van der Waals surface area contributed by atoms with Crippen LogP contribution in [-0.4, -0.2) is 28.8 Å². The van der Waals surface area contributed by atoms with Crippen LogP contribution >= 0.6 is 23.4 Å². The maximum absolute atomic E-state index is 13.0. The summed E-state index contributed by atoms with van der Waals surface area (Å²) in [5, 5.41) is 3.16. The van der Waals surface area contributed by atoms with Crippen molar-refractivity contribution in [1.82, 2.24) is 0 Å². The lowest BCUT2D eigenvalue weighted by atomic mass is 10.2. The molecule has 1 fully saturated rings. The Morgan fingerprint density at radius 1 is 1.25 bits per heavy atom. The summed E-state index contributed by atoms with van der Waals surface area (Å²) in [6.45, 7) is 1.50. The molecule has 2 aromatic rings. The molecule has 6 nitrogen and oxygen atoms in total. The highest BCUT2D eigenvalue weighted by Crippen LogP contribution is 2.56. The number of hydrogen-bond acceptors (Lipinski definition) is 5. The van der Waals surface area contributed by atoms with Gasteiger partial charge in [0, 0.05) is 28.4 Å². The Morgan fingerprint density at radius 2 is 2.04 bits per heavy atom. The smallest absolute Gasteiger partial charge is 0.344 e. The summed E-state index contributed by atoms with van der Waals surface area (Å²) in [6, 6.07) is 14.1. The molecule has 0 aromatic heterocycles. The minimum absolute atomic E-state index is 0.120. The number of amides is 2. The number of carbonyl (C=O) groups is 3. The molecule has 144 valence electrons. The zero-order chi connectivity index (χ0) is 19.9. The molecule has 0 aliphatic carbocycles. The van der Waals surface area contributed by atoms with Gasteiger partial charge in [-0.2, -0.15) is 0 Å². The van der Waals surface area contributed by atoms with Crippen molar-refractivity contribution >= 4 is 52.5 Å². The van der Waals surface area contributed by atoms with E-state index in [1.807, 2.05) is 24.3 Å². The van der Waals surface area contributed by atoms with Crippen LogP contribution in [0.25, 0.3) is 0 Å². The molecular formula is C20H17ClN2O4S. The molecule has 1 N–H and O–H groups in total. The minimum atomic E-state index is -1.15. The number of rotatable bonds is 4. The second-order valence-electron chi connectivity index (χ2n) is 6.63. The Balaban J connectivity index is 1.50. The van der Waals surface area contributed by atoms with Gasteiger partial charge in [0.2, 0.25) is 5.91 Å². The number of thioether (sulfide) groups is 1. The van der Waals surface area contributed by atoms with E-state index in [1.165, 1.54) is 23.6 Å². The van der Waals surface area contributed by atoms with Gasteiger partial charge in [0.25, 0.3) is 5.91 Å². The molecule has 0 bridgehead atoms. The molecule has 2 aromatic carbocycles. The third-order valence-electron chi connectivity index (χ3n) is 4.74. The second kappa shape index (κ2) is 7.14. The highest BCUT2D eigenvalue weighted by molar-refractivity contribution is 8.02. The van der Waals surface area contributed by atoms with E-state index in [9.17, 15) is 14.4 Å². The van der Waals surface area contributed by atoms with Crippen molar-refractivity contribution in [1.29, 1.82) is 0 Å². The molecule has 2 aliphatic rings. The molecular weight excluding hydrogens is 400 g/mol. The number of ether oxygens (including phenoxy) is 1. The SMILES string of the molecule is C[C@@H](OC(=O)[C@@]12CCC(=O)N1c1ccccc1S2)C(=O)Nc1cccc(Cl)c1. The number of benzene rings is 2. The van der Waals surface area contributed by atoms with Gasteiger partial charge in [0.15, 0.2) is 11.0 Å². The summed E-state index contributed by atoms with van der Waals surface area (Å²) in [4.78, 5) is 39.1. The summed E-state index contributed by atoms with van der Waals surface area (Å²) in [5.41, 5.74) is 1.22. The first-order valence-electron chi connectivity index (χ1n) is 8.79. The van der Waals surface area contributed by atoms with Crippen molar-refractivity contribution in [3.8, 4) is 0 Å². The number of halogens is 1. The van der Waals surface area contributed by atoms with Gasteiger partial charge in [0.05, 0.1) is 5.69 Å². The molecule has 0 spiro atoms. The van der Waals surface area contributed by atoms with E-state index in [-0.39, 0.29) is 12.3 Å². The zero-order valence-electron chi connectivity index (χ0n) is 15.0. The van der Waals surface area contributed by atoms with Crippen molar-refractivity contribution in [2.45, 2.75) is 35.6 Å². The lowest BCUT2D eigenvalue weighted by Crippen LogP contribution is -2.49. The lowest BCUT2D eigenvalue weighted by Gasteiger charge is -2.29. The molecule has 8 heteroatoms. The number of carbonyl (C=O) groups excluding carboxylic acids is 3. The molecule has 0 saturated carbocycles. The van der Waals surface area contributed by atoms with Crippen molar-refractivity contribution < 1.29 is 19.1 Å². The van der Waals surface area contributed by atoms with Crippen LogP contribution in [0.5, 0.6) is 0 Å². The van der Waals surface area contributed by atoms with Crippen LogP contribution in [-0.2, 0) is 19.1 Å². The average Bonchev–Trinajstić information content (AvgIpc) is 3.17. The number of esters is 1. The predicted octanol–water partition coefficient (Wildman–Crippen LogP) is 3.84. The summed E-state index contributed by atoms with van der Waals surface area (Å²) in [7, 11) is 0. The van der Waals surface area contributed by atoms with E-state index in [4.69, 9.17) is 16.3 Å². The second-order valence-corrected chi connectivity index (χ2v) is 8.39. The molecule has 2 aliphatic heterocycles. The highest BCUT2D eigenvalue weighted by Gasteiger charge is 2.58. The average molecular weight is 417 g/mol. The summed E-state index contributed by atoms with van der Waals surface area (Å²) < 4.78 is 5.48. The lowest BCUT2D eigenvalue weighted by molar-refractivity contribution is -0.155. The van der Waals surface area contributed by atoms with Crippen LogP contribution < -0.4 is 10.2 Å². The quantitative estimate of drug-likeness (QED) is 0.766. The predicted molar refractivity (Wildman–Crippen MR) is 107 cm³/mol. The van der Waals surface area contributed by atoms with Gasteiger partial charge in [-0.1, -0.05) is 41.6 Å². The van der Waals surface area contributed by atoms with Crippen LogP contribution in [0.15, 0.2) is 53.4 Å². The van der Waals surface area contributed by atoms with Crippen molar-refractivity contribution in [2.75, 3.05) is 10.2 Å². The van der Waals surface area contributed by atoms with Crippen LogP contribution in [0.3, 0.4) is 0 Å². The molecule has 2 atom stereocenters. The van der Waals surface area contributed by atoms with E-state index >= 15 is 0 Å². The highest BCUT2D eigenvalue weighted by atomic mass is 35.5. The molecule has 28 heavy (non-hydrogen) atoms. The summed E-state index contributed by atoms with van der Waals surface area (Å²) >= 11 is 7.23. The van der Waals surface area contributed by atoms with Crippen molar-refractivity contribution in [2.24, 2.45) is 0 Å². The molecule has 0 radical (unpaired) electrons. The van der Waals surface area contributed by atoms with Crippen molar-refractivity contribution in [3.05, 3.63) is 53.6 Å². The fourth-order valence-corrected chi connectivity index (χ4v) is 4.98. The number of nitrogens with zero attached hydrogens (tertiary/aromatic N) is 1. The monoisotopic (exact) mass is 416 g/mol. The number of fused-ring (bicyclic) bond motifs is 3. The zero-order valence-corrected chi connectivity index (χ0v) is 16.5. The Labute approximate surface area is 171 Å². The Morgan fingerprint density at radius 3 is 2.82 bits per heavy atom. The van der Waals surface area contributed by atoms with E-state index in [2.05, 4.69) is 5.32 Å². The number of hydrogen-bond donors (Lipinski definition) is 1.